The molecule has 0 aliphatic heterocycles. The Morgan fingerprint density at radius 2 is 1.84 bits per heavy atom. The van der Waals surface area contributed by atoms with Gasteiger partial charge in [0.15, 0.2) is 6.61 Å². The van der Waals surface area contributed by atoms with Crippen molar-refractivity contribution >= 4 is 22.6 Å². The smallest absolute Gasteiger partial charge is 0.247 e. The van der Waals surface area contributed by atoms with Crippen molar-refractivity contribution in [1.82, 2.24) is 5.48 Å². The Labute approximate surface area is 110 Å². The molecule has 0 heterocycles. The van der Waals surface area contributed by atoms with Gasteiger partial charge in [-0.1, -0.05) is 42.5 Å². The van der Waals surface area contributed by atoms with Gasteiger partial charge in [-0.3, -0.25) is 14.4 Å². The lowest BCUT2D eigenvalue weighted by atomic mass is 10.0. The molecule has 0 bridgehead atoms. The number of nitrogens with one attached hydrogen (secondary N) is 1. The van der Waals surface area contributed by atoms with Gasteiger partial charge in [-0.15, -0.1) is 0 Å². The van der Waals surface area contributed by atoms with E-state index in [0.29, 0.717) is 0 Å². The molecule has 5 nitrogen and oxygen atoms in total. The van der Waals surface area contributed by atoms with Crippen LogP contribution in [0.5, 0.6) is 0 Å². The molecule has 0 atom stereocenters. The molecule has 0 unspecified atom stereocenters. The Hall–Kier alpha value is -2.40. The van der Waals surface area contributed by atoms with Gasteiger partial charge in [0, 0.05) is 0 Å². The first-order valence-corrected chi connectivity index (χ1v) is 5.82. The van der Waals surface area contributed by atoms with Crippen molar-refractivity contribution in [2.45, 2.75) is 6.42 Å². The zero-order valence-corrected chi connectivity index (χ0v) is 10.3. The van der Waals surface area contributed by atoms with Gasteiger partial charge in [0.2, 0.25) is 11.8 Å². The number of carbonyl (C=O) groups is 2. The highest BCUT2D eigenvalue weighted by molar-refractivity contribution is 5.90. The highest BCUT2D eigenvalue weighted by Gasteiger charge is 2.07. The number of carbonyl (C=O) groups excluding carboxylic acids is 2. The third-order valence-electron chi connectivity index (χ3n) is 2.63. The summed E-state index contributed by atoms with van der Waals surface area (Å²) in [6.07, 6.45) is 0.181. The van der Waals surface area contributed by atoms with Gasteiger partial charge in [-0.05, 0) is 16.3 Å². The molecular formula is C14H14N2O3. The number of rotatable bonds is 5. The average molecular weight is 258 g/mol. The summed E-state index contributed by atoms with van der Waals surface area (Å²) in [7, 11) is 0. The number of benzene rings is 2. The molecule has 0 aromatic heterocycles. The van der Waals surface area contributed by atoms with Crippen molar-refractivity contribution in [3.05, 3.63) is 48.0 Å². The van der Waals surface area contributed by atoms with E-state index in [4.69, 9.17) is 5.73 Å². The second kappa shape index (κ2) is 5.97. The highest BCUT2D eigenvalue weighted by Crippen LogP contribution is 2.18. The predicted molar refractivity (Wildman–Crippen MR) is 70.9 cm³/mol. The van der Waals surface area contributed by atoms with E-state index in [2.05, 4.69) is 10.3 Å². The lowest BCUT2D eigenvalue weighted by molar-refractivity contribution is -0.137. The normalized spacial score (nSPS) is 10.3. The van der Waals surface area contributed by atoms with E-state index in [-0.39, 0.29) is 18.9 Å². The first kappa shape index (κ1) is 13.0. The number of fused-ring (bicyclic) bond motifs is 1. The minimum absolute atomic E-state index is 0.181. The lowest BCUT2D eigenvalue weighted by Crippen LogP contribution is -2.30. The van der Waals surface area contributed by atoms with Crippen LogP contribution in [-0.4, -0.2) is 18.4 Å². The monoisotopic (exact) mass is 258 g/mol. The highest BCUT2D eigenvalue weighted by atomic mass is 16.7. The summed E-state index contributed by atoms with van der Waals surface area (Å²) < 4.78 is 0. The van der Waals surface area contributed by atoms with Crippen LogP contribution in [0.25, 0.3) is 10.8 Å². The SMILES string of the molecule is NC(=O)CONC(=O)Cc1cccc2ccccc12. The molecule has 2 amide bonds. The molecule has 0 saturated heterocycles. The zero-order valence-electron chi connectivity index (χ0n) is 10.3. The number of hydrogen-bond donors (Lipinski definition) is 2. The quantitative estimate of drug-likeness (QED) is 0.782. The second-order valence-electron chi connectivity index (χ2n) is 4.10. The van der Waals surface area contributed by atoms with Gasteiger partial charge in [0.25, 0.3) is 0 Å². The predicted octanol–water partition coefficient (Wildman–Crippen LogP) is 0.915. The number of amides is 2. The maximum atomic E-state index is 11.6. The van der Waals surface area contributed by atoms with Crippen LogP contribution in [0.3, 0.4) is 0 Å². The van der Waals surface area contributed by atoms with E-state index in [9.17, 15) is 9.59 Å². The summed E-state index contributed by atoms with van der Waals surface area (Å²) in [4.78, 5) is 26.8. The largest absolute Gasteiger partial charge is 0.368 e. The summed E-state index contributed by atoms with van der Waals surface area (Å²) in [5.74, 6) is -0.955. The number of primary amides is 1. The van der Waals surface area contributed by atoms with E-state index in [1.807, 2.05) is 42.5 Å². The van der Waals surface area contributed by atoms with Crippen LogP contribution in [-0.2, 0) is 20.8 Å². The van der Waals surface area contributed by atoms with Gasteiger partial charge in [-0.2, -0.15) is 0 Å². The van der Waals surface area contributed by atoms with Gasteiger partial charge < -0.3 is 5.73 Å². The maximum absolute atomic E-state index is 11.6. The van der Waals surface area contributed by atoms with Crippen molar-refractivity contribution in [3.63, 3.8) is 0 Å². The molecule has 2 aromatic carbocycles. The van der Waals surface area contributed by atoms with Gasteiger partial charge in [0.1, 0.15) is 0 Å². The molecule has 0 aliphatic carbocycles. The fourth-order valence-corrected chi connectivity index (χ4v) is 1.84. The zero-order chi connectivity index (χ0) is 13.7. The Morgan fingerprint density at radius 3 is 2.63 bits per heavy atom. The number of hydrogen-bond acceptors (Lipinski definition) is 3. The Balaban J connectivity index is 2.05. The summed E-state index contributed by atoms with van der Waals surface area (Å²) in [6.45, 7) is -0.332. The molecule has 19 heavy (non-hydrogen) atoms. The van der Waals surface area contributed by atoms with Crippen molar-refractivity contribution in [1.29, 1.82) is 0 Å². The fraction of sp³-hybridized carbons (Fsp3) is 0.143. The molecule has 3 N–H and O–H groups in total. The van der Waals surface area contributed by atoms with Gasteiger partial charge in [-0.25, -0.2) is 5.48 Å². The molecule has 98 valence electrons. The topological polar surface area (TPSA) is 81.4 Å². The standard InChI is InChI=1S/C14H14N2O3/c15-13(17)9-19-16-14(18)8-11-6-3-5-10-4-1-2-7-12(10)11/h1-7H,8-9H2,(H2,15,17)(H,16,18). The first-order valence-electron chi connectivity index (χ1n) is 5.82. The van der Waals surface area contributed by atoms with Crippen LogP contribution >= 0.6 is 0 Å². The molecule has 5 heteroatoms. The van der Waals surface area contributed by atoms with E-state index >= 15 is 0 Å². The van der Waals surface area contributed by atoms with Crippen LogP contribution in [0.2, 0.25) is 0 Å². The maximum Gasteiger partial charge on any atom is 0.247 e. The van der Waals surface area contributed by atoms with Crippen LogP contribution in [0.1, 0.15) is 5.56 Å². The summed E-state index contributed by atoms with van der Waals surface area (Å²) in [6, 6.07) is 13.6. The van der Waals surface area contributed by atoms with Crippen LogP contribution in [0, 0.1) is 0 Å². The molecule has 0 aliphatic rings. The molecule has 2 aromatic rings. The third-order valence-corrected chi connectivity index (χ3v) is 2.63. The summed E-state index contributed by atoms with van der Waals surface area (Å²) in [5, 5.41) is 2.10. The van der Waals surface area contributed by atoms with Crippen molar-refractivity contribution in [2.75, 3.05) is 6.61 Å². The molecule has 0 radical (unpaired) electrons. The lowest BCUT2D eigenvalue weighted by Gasteiger charge is -2.07. The van der Waals surface area contributed by atoms with Crippen LogP contribution < -0.4 is 11.2 Å². The fourth-order valence-electron chi connectivity index (χ4n) is 1.84. The molecular weight excluding hydrogens is 244 g/mol. The molecule has 0 fully saturated rings. The average Bonchev–Trinajstić information content (AvgIpc) is 2.39. The summed E-state index contributed by atoms with van der Waals surface area (Å²) >= 11 is 0. The molecule has 0 saturated carbocycles. The number of nitrogens with two attached hydrogens (primary N) is 1. The second-order valence-corrected chi connectivity index (χ2v) is 4.10. The van der Waals surface area contributed by atoms with Crippen LogP contribution in [0.4, 0.5) is 0 Å². The summed E-state index contributed by atoms with van der Waals surface area (Å²) in [5.41, 5.74) is 7.98. The van der Waals surface area contributed by atoms with Crippen molar-refractivity contribution < 1.29 is 14.4 Å². The number of hydroxylamine groups is 1. The Morgan fingerprint density at radius 1 is 1.11 bits per heavy atom. The van der Waals surface area contributed by atoms with E-state index in [1.54, 1.807) is 0 Å². The van der Waals surface area contributed by atoms with E-state index in [0.717, 1.165) is 16.3 Å². The van der Waals surface area contributed by atoms with Crippen LogP contribution in [0.15, 0.2) is 42.5 Å². The van der Waals surface area contributed by atoms with Gasteiger partial charge >= 0.3 is 0 Å². The van der Waals surface area contributed by atoms with Gasteiger partial charge in [0.05, 0.1) is 6.42 Å². The minimum Gasteiger partial charge on any atom is -0.368 e. The Bertz CT molecular complexity index is 605. The first-order chi connectivity index (χ1) is 9.16. The third kappa shape index (κ3) is 3.53. The molecule has 0 spiro atoms. The Kier molecular flexibility index (Phi) is 4.10. The van der Waals surface area contributed by atoms with E-state index in [1.165, 1.54) is 0 Å². The molecule has 2 rings (SSSR count). The van der Waals surface area contributed by atoms with Crippen molar-refractivity contribution in [2.24, 2.45) is 5.73 Å². The van der Waals surface area contributed by atoms with E-state index < -0.39 is 5.91 Å². The minimum atomic E-state index is -0.634. The van der Waals surface area contributed by atoms with Crippen molar-refractivity contribution in [3.8, 4) is 0 Å².